The number of nitrogens with zero attached hydrogens (tertiary/aromatic N) is 2. The van der Waals surface area contributed by atoms with Crippen molar-refractivity contribution in [2.75, 3.05) is 19.5 Å². The third-order valence-corrected chi connectivity index (χ3v) is 5.08. The fourth-order valence-electron chi connectivity index (χ4n) is 3.50. The number of anilines is 1. The van der Waals surface area contributed by atoms with Crippen LogP contribution >= 0.6 is 0 Å². The molecule has 1 N–H and O–H groups in total. The average molecular weight is 431 g/mol. The summed E-state index contributed by atoms with van der Waals surface area (Å²) in [5.74, 6) is 0.495. The van der Waals surface area contributed by atoms with E-state index >= 15 is 0 Å². The van der Waals surface area contributed by atoms with E-state index in [0.717, 1.165) is 15.3 Å². The molecular formula is C24H21N3O5. The number of amides is 1. The Labute approximate surface area is 183 Å². The van der Waals surface area contributed by atoms with Gasteiger partial charge in [-0.3, -0.25) is 23.5 Å². The minimum absolute atomic E-state index is 0.329. The summed E-state index contributed by atoms with van der Waals surface area (Å²) in [6.07, 6.45) is 2.92. The van der Waals surface area contributed by atoms with Crippen LogP contribution < -0.4 is 25.9 Å². The molecule has 0 aliphatic heterocycles. The summed E-state index contributed by atoms with van der Waals surface area (Å²) in [5, 5.41) is 4.49. The molecule has 8 heteroatoms. The molecule has 32 heavy (non-hydrogen) atoms. The van der Waals surface area contributed by atoms with Crippen molar-refractivity contribution >= 4 is 22.4 Å². The van der Waals surface area contributed by atoms with Crippen LogP contribution in [0.5, 0.6) is 11.5 Å². The summed E-state index contributed by atoms with van der Waals surface area (Å²) < 4.78 is 12.8. The summed E-state index contributed by atoms with van der Waals surface area (Å²) in [6.45, 7) is -0.329. The standard InChI is InChI=1S/C24H21N3O5/c1-31-17-10-11-21(32-2)19(14-17)25-22(28)15-26-12-13-27(24(30)23(26)29)20-9-5-7-16-6-3-4-8-18(16)20/h3-14H,15H2,1-2H3,(H,25,28). The lowest BCUT2D eigenvalue weighted by Crippen LogP contribution is -2.41. The van der Waals surface area contributed by atoms with E-state index in [1.54, 1.807) is 24.3 Å². The highest BCUT2D eigenvalue weighted by Gasteiger charge is 2.13. The highest BCUT2D eigenvalue weighted by Crippen LogP contribution is 2.28. The predicted molar refractivity (Wildman–Crippen MR) is 122 cm³/mol. The van der Waals surface area contributed by atoms with Crippen LogP contribution in [0.25, 0.3) is 16.5 Å². The monoisotopic (exact) mass is 431 g/mol. The zero-order valence-electron chi connectivity index (χ0n) is 17.6. The molecule has 0 aliphatic rings. The Balaban J connectivity index is 1.63. The van der Waals surface area contributed by atoms with Gasteiger partial charge in [0.2, 0.25) is 5.91 Å². The molecule has 0 fully saturated rings. The number of hydrogen-bond donors (Lipinski definition) is 1. The Bertz CT molecular complexity index is 1420. The second kappa shape index (κ2) is 8.81. The molecule has 4 rings (SSSR count). The summed E-state index contributed by atoms with van der Waals surface area (Å²) in [7, 11) is 2.99. The van der Waals surface area contributed by atoms with Crippen molar-refractivity contribution in [3.05, 3.63) is 93.8 Å². The van der Waals surface area contributed by atoms with Crippen LogP contribution in [0.15, 0.2) is 82.6 Å². The second-order valence-corrected chi connectivity index (χ2v) is 7.02. The van der Waals surface area contributed by atoms with E-state index in [-0.39, 0.29) is 6.54 Å². The van der Waals surface area contributed by atoms with Crippen molar-refractivity contribution in [1.29, 1.82) is 0 Å². The molecule has 0 aliphatic carbocycles. The first-order valence-electron chi connectivity index (χ1n) is 9.84. The number of nitrogens with one attached hydrogen (secondary N) is 1. The molecule has 8 nitrogen and oxygen atoms in total. The van der Waals surface area contributed by atoms with Gasteiger partial charge in [-0.05, 0) is 23.6 Å². The van der Waals surface area contributed by atoms with Gasteiger partial charge < -0.3 is 14.8 Å². The maximum absolute atomic E-state index is 12.8. The Kier molecular flexibility index (Phi) is 5.76. The molecule has 0 spiro atoms. The Morgan fingerprint density at radius 1 is 0.906 bits per heavy atom. The van der Waals surface area contributed by atoms with Crippen molar-refractivity contribution in [3.8, 4) is 17.2 Å². The first-order valence-corrected chi connectivity index (χ1v) is 9.84. The van der Waals surface area contributed by atoms with Gasteiger partial charge in [0.1, 0.15) is 18.0 Å². The Hall–Kier alpha value is -4.33. The van der Waals surface area contributed by atoms with Gasteiger partial charge in [-0.25, -0.2) is 0 Å². The largest absolute Gasteiger partial charge is 0.497 e. The van der Waals surface area contributed by atoms with Gasteiger partial charge in [0.05, 0.1) is 25.6 Å². The van der Waals surface area contributed by atoms with Crippen molar-refractivity contribution < 1.29 is 14.3 Å². The van der Waals surface area contributed by atoms with E-state index < -0.39 is 17.0 Å². The number of methoxy groups -OCH3 is 2. The number of fused-ring (bicyclic) bond motifs is 1. The van der Waals surface area contributed by atoms with E-state index in [1.165, 1.54) is 31.2 Å². The van der Waals surface area contributed by atoms with E-state index in [1.807, 2.05) is 36.4 Å². The van der Waals surface area contributed by atoms with Crippen LogP contribution in [0, 0.1) is 0 Å². The van der Waals surface area contributed by atoms with Gasteiger partial charge in [-0.15, -0.1) is 0 Å². The number of carbonyl (C=O) groups excluding carboxylic acids is 1. The molecule has 162 valence electrons. The summed E-state index contributed by atoms with van der Waals surface area (Å²) >= 11 is 0. The van der Waals surface area contributed by atoms with Crippen LogP contribution in [-0.4, -0.2) is 29.3 Å². The number of benzene rings is 3. The molecule has 0 bridgehead atoms. The number of ether oxygens (including phenoxy) is 2. The van der Waals surface area contributed by atoms with Gasteiger partial charge >= 0.3 is 11.1 Å². The number of aromatic nitrogens is 2. The second-order valence-electron chi connectivity index (χ2n) is 7.02. The molecule has 1 amide bonds. The molecule has 4 aromatic rings. The molecule has 0 atom stereocenters. The van der Waals surface area contributed by atoms with Crippen LogP contribution in [0.4, 0.5) is 5.69 Å². The number of carbonyl (C=O) groups is 1. The van der Waals surface area contributed by atoms with Gasteiger partial charge in [0.15, 0.2) is 0 Å². The van der Waals surface area contributed by atoms with Gasteiger partial charge in [0.25, 0.3) is 0 Å². The lowest BCUT2D eigenvalue weighted by Gasteiger charge is -2.13. The fourth-order valence-corrected chi connectivity index (χ4v) is 3.50. The SMILES string of the molecule is COc1ccc(OC)c(NC(=O)Cn2ccn(-c3cccc4ccccc34)c(=O)c2=O)c1. The molecule has 1 heterocycles. The molecule has 1 aromatic heterocycles. The quantitative estimate of drug-likeness (QED) is 0.474. The summed E-state index contributed by atoms with van der Waals surface area (Å²) in [5.41, 5.74) is -0.541. The van der Waals surface area contributed by atoms with Crippen LogP contribution in [-0.2, 0) is 11.3 Å². The number of rotatable bonds is 6. The van der Waals surface area contributed by atoms with Crippen LogP contribution in [0.3, 0.4) is 0 Å². The zero-order valence-corrected chi connectivity index (χ0v) is 17.6. The van der Waals surface area contributed by atoms with Crippen molar-refractivity contribution in [3.63, 3.8) is 0 Å². The fraction of sp³-hybridized carbons (Fsp3) is 0.125. The third kappa shape index (κ3) is 3.98. The van der Waals surface area contributed by atoms with Crippen molar-refractivity contribution in [2.45, 2.75) is 6.54 Å². The van der Waals surface area contributed by atoms with Gasteiger partial charge in [0, 0.05) is 23.8 Å². The highest BCUT2D eigenvalue weighted by atomic mass is 16.5. The highest BCUT2D eigenvalue weighted by molar-refractivity contribution is 5.92. The molecule has 0 saturated heterocycles. The van der Waals surface area contributed by atoms with Gasteiger partial charge in [-0.2, -0.15) is 0 Å². The van der Waals surface area contributed by atoms with E-state index in [9.17, 15) is 14.4 Å². The first-order chi connectivity index (χ1) is 15.5. The predicted octanol–water partition coefficient (Wildman–Crippen LogP) is 2.81. The van der Waals surface area contributed by atoms with E-state index in [2.05, 4.69) is 5.32 Å². The summed E-state index contributed by atoms with van der Waals surface area (Å²) in [4.78, 5) is 38.1. The normalized spacial score (nSPS) is 10.7. The molecule has 0 unspecified atom stereocenters. The maximum atomic E-state index is 12.8. The van der Waals surface area contributed by atoms with Gasteiger partial charge in [-0.1, -0.05) is 36.4 Å². The van der Waals surface area contributed by atoms with Crippen molar-refractivity contribution in [1.82, 2.24) is 9.13 Å². The lowest BCUT2D eigenvalue weighted by molar-refractivity contribution is -0.116. The zero-order chi connectivity index (χ0) is 22.7. The molecule has 0 saturated carbocycles. The minimum Gasteiger partial charge on any atom is -0.497 e. The van der Waals surface area contributed by atoms with Crippen molar-refractivity contribution in [2.24, 2.45) is 0 Å². The molecular weight excluding hydrogens is 410 g/mol. The Morgan fingerprint density at radius 2 is 1.69 bits per heavy atom. The molecule has 0 radical (unpaired) electrons. The Morgan fingerprint density at radius 3 is 2.47 bits per heavy atom. The first kappa shape index (κ1) is 20.9. The van der Waals surface area contributed by atoms with E-state index in [4.69, 9.17) is 9.47 Å². The minimum atomic E-state index is -0.798. The topological polar surface area (TPSA) is 91.6 Å². The average Bonchev–Trinajstić information content (AvgIpc) is 2.82. The maximum Gasteiger partial charge on any atom is 0.321 e. The van der Waals surface area contributed by atoms with Crippen LogP contribution in [0.2, 0.25) is 0 Å². The lowest BCUT2D eigenvalue weighted by atomic mass is 10.1. The van der Waals surface area contributed by atoms with Crippen LogP contribution in [0.1, 0.15) is 0 Å². The van der Waals surface area contributed by atoms with E-state index in [0.29, 0.717) is 22.9 Å². The summed E-state index contributed by atoms with van der Waals surface area (Å²) in [6, 6.07) is 18.1. The smallest absolute Gasteiger partial charge is 0.321 e. The number of hydrogen-bond acceptors (Lipinski definition) is 5. The molecule has 3 aromatic carbocycles. The third-order valence-electron chi connectivity index (χ3n) is 5.08.